The highest BCUT2D eigenvalue weighted by Crippen LogP contribution is 2.39. The number of fused-ring (bicyclic) bond motifs is 4. The molecule has 152 valence electrons. The van der Waals surface area contributed by atoms with Crippen LogP contribution < -0.4 is 11.1 Å². The lowest BCUT2D eigenvalue weighted by Crippen LogP contribution is -2.19. The van der Waals surface area contributed by atoms with Gasteiger partial charge in [-0.25, -0.2) is 9.97 Å². The van der Waals surface area contributed by atoms with Crippen molar-refractivity contribution in [2.75, 3.05) is 11.1 Å². The fourth-order valence-corrected chi connectivity index (χ4v) is 5.83. The van der Waals surface area contributed by atoms with Crippen molar-refractivity contribution in [1.82, 2.24) is 19.6 Å². The van der Waals surface area contributed by atoms with E-state index < -0.39 is 5.91 Å². The molecule has 1 aliphatic carbocycles. The number of hydrogen-bond donors (Lipinski definition) is 2. The van der Waals surface area contributed by atoms with E-state index in [9.17, 15) is 9.59 Å². The zero-order valence-electron chi connectivity index (χ0n) is 16.1. The van der Waals surface area contributed by atoms with Crippen LogP contribution in [0.25, 0.3) is 16.6 Å². The van der Waals surface area contributed by atoms with Gasteiger partial charge in [-0.2, -0.15) is 4.52 Å². The van der Waals surface area contributed by atoms with Gasteiger partial charge >= 0.3 is 0 Å². The van der Waals surface area contributed by atoms with Gasteiger partial charge in [-0.05, 0) is 43.9 Å². The molecule has 30 heavy (non-hydrogen) atoms. The summed E-state index contributed by atoms with van der Waals surface area (Å²) >= 11 is 2.73. The molecule has 0 radical (unpaired) electrons. The van der Waals surface area contributed by atoms with Gasteiger partial charge in [0.2, 0.25) is 5.91 Å². The Balaban J connectivity index is 1.40. The minimum absolute atomic E-state index is 0.125. The predicted octanol–water partition coefficient (Wildman–Crippen LogP) is 2.97. The number of carbonyl (C=O) groups is 2. The average Bonchev–Trinajstić information content (AvgIpc) is 3.39. The molecular weight excluding hydrogens is 420 g/mol. The highest BCUT2D eigenvalue weighted by atomic mass is 32.2. The zero-order chi connectivity index (χ0) is 20.8. The number of nitrogens with two attached hydrogens (primary N) is 1. The number of anilines is 1. The quantitative estimate of drug-likeness (QED) is 0.366. The number of nitrogens with one attached hydrogen (secondary N) is 1. The van der Waals surface area contributed by atoms with E-state index in [-0.39, 0.29) is 11.7 Å². The number of nitrogens with zero attached hydrogens (tertiary/aromatic N) is 4. The zero-order valence-corrected chi connectivity index (χ0v) is 17.8. The number of thioether (sulfide) groups is 1. The van der Waals surface area contributed by atoms with Gasteiger partial charge in [-0.3, -0.25) is 9.59 Å². The van der Waals surface area contributed by atoms with E-state index in [2.05, 4.69) is 20.4 Å². The van der Waals surface area contributed by atoms with Crippen molar-refractivity contribution in [1.29, 1.82) is 0 Å². The summed E-state index contributed by atoms with van der Waals surface area (Å²) < 4.78 is 1.67. The third kappa shape index (κ3) is 3.21. The number of primary amides is 1. The molecule has 0 fully saturated rings. The summed E-state index contributed by atoms with van der Waals surface area (Å²) in [7, 11) is 0. The van der Waals surface area contributed by atoms with Crippen molar-refractivity contribution in [2.24, 2.45) is 5.73 Å². The second kappa shape index (κ2) is 7.37. The minimum Gasteiger partial charge on any atom is -0.365 e. The summed E-state index contributed by atoms with van der Waals surface area (Å²) in [6.07, 6.45) is 2.78. The summed E-state index contributed by atoms with van der Waals surface area (Å²) in [5.41, 5.74) is 8.54. The molecule has 4 aromatic rings. The van der Waals surface area contributed by atoms with E-state index in [1.54, 1.807) is 4.52 Å². The normalized spacial score (nSPS) is 13.1. The maximum Gasteiger partial charge on any atom is 0.251 e. The van der Waals surface area contributed by atoms with Crippen LogP contribution in [0.3, 0.4) is 0 Å². The fourth-order valence-electron chi connectivity index (χ4n) is 3.77. The third-order valence-corrected chi connectivity index (χ3v) is 7.14. The van der Waals surface area contributed by atoms with Crippen LogP contribution >= 0.6 is 23.1 Å². The molecule has 8 nitrogen and oxygen atoms in total. The largest absolute Gasteiger partial charge is 0.365 e. The van der Waals surface area contributed by atoms with Crippen molar-refractivity contribution >= 4 is 56.5 Å². The first-order valence-corrected chi connectivity index (χ1v) is 11.3. The van der Waals surface area contributed by atoms with Gasteiger partial charge in [-0.15, -0.1) is 16.4 Å². The van der Waals surface area contributed by atoms with Crippen LogP contribution in [0.5, 0.6) is 0 Å². The Kier molecular flexibility index (Phi) is 4.67. The van der Waals surface area contributed by atoms with E-state index >= 15 is 0 Å². The Bertz CT molecular complexity index is 1330. The molecule has 1 aliphatic rings. The van der Waals surface area contributed by atoms with Crippen molar-refractivity contribution in [3.8, 4) is 0 Å². The first-order chi connectivity index (χ1) is 14.5. The van der Waals surface area contributed by atoms with Crippen molar-refractivity contribution in [3.05, 3.63) is 46.1 Å². The predicted molar refractivity (Wildman–Crippen MR) is 117 cm³/mol. The highest BCUT2D eigenvalue weighted by molar-refractivity contribution is 7.99. The van der Waals surface area contributed by atoms with E-state index in [4.69, 9.17) is 5.73 Å². The first-order valence-electron chi connectivity index (χ1n) is 9.50. The van der Waals surface area contributed by atoms with E-state index in [0.29, 0.717) is 27.2 Å². The van der Waals surface area contributed by atoms with Gasteiger partial charge in [0.15, 0.2) is 10.8 Å². The number of aryl methyl sites for hydroxylation is 2. The number of aromatic nitrogens is 4. The van der Waals surface area contributed by atoms with E-state index in [0.717, 1.165) is 40.6 Å². The molecule has 0 spiro atoms. The first kappa shape index (κ1) is 19.0. The van der Waals surface area contributed by atoms with Gasteiger partial charge in [0.25, 0.3) is 5.91 Å². The van der Waals surface area contributed by atoms with Gasteiger partial charge in [0, 0.05) is 10.3 Å². The monoisotopic (exact) mass is 438 g/mol. The summed E-state index contributed by atoms with van der Waals surface area (Å²) in [6, 6.07) is 7.71. The second-order valence-corrected chi connectivity index (χ2v) is 9.12. The molecule has 0 bridgehead atoms. The Morgan fingerprint density at radius 2 is 2.10 bits per heavy atom. The van der Waals surface area contributed by atoms with E-state index in [1.807, 2.05) is 31.2 Å². The van der Waals surface area contributed by atoms with Crippen LogP contribution in [-0.4, -0.2) is 37.1 Å². The molecule has 0 unspecified atom stereocenters. The van der Waals surface area contributed by atoms with Gasteiger partial charge in [0.1, 0.15) is 10.8 Å². The van der Waals surface area contributed by atoms with Crippen LogP contribution in [0.15, 0.2) is 29.4 Å². The molecular formula is C20H18N6O2S2. The smallest absolute Gasteiger partial charge is 0.251 e. The molecule has 10 heteroatoms. The van der Waals surface area contributed by atoms with Crippen LogP contribution in [0.2, 0.25) is 0 Å². The molecule has 5 rings (SSSR count). The fraction of sp³-hybridized carbons (Fsp3) is 0.250. The summed E-state index contributed by atoms with van der Waals surface area (Å²) in [4.78, 5) is 34.9. The van der Waals surface area contributed by atoms with Gasteiger partial charge < -0.3 is 11.1 Å². The van der Waals surface area contributed by atoms with Crippen molar-refractivity contribution in [2.45, 2.75) is 31.3 Å². The average molecular weight is 439 g/mol. The molecule has 2 amide bonds. The number of hydrogen-bond acceptors (Lipinski definition) is 7. The standard InChI is InChI=1S/C20H18N6O2S2/c1-10-22-18-11-5-2-3-7-13(11)23-20(26(18)25-10)29-9-15(27)24-19-16(17(21)28)12-6-4-8-14(12)30-19/h2-3,5,7H,4,6,8-9H2,1H3,(H2,21,28)(H,24,27). The van der Waals surface area contributed by atoms with E-state index in [1.165, 1.54) is 23.1 Å². The molecule has 3 heterocycles. The second-order valence-electron chi connectivity index (χ2n) is 7.07. The Morgan fingerprint density at radius 3 is 2.93 bits per heavy atom. The molecule has 0 aliphatic heterocycles. The lowest BCUT2D eigenvalue weighted by atomic mass is 10.1. The number of amides is 2. The Labute approximate surface area is 179 Å². The van der Waals surface area contributed by atoms with Crippen LogP contribution in [0.4, 0.5) is 5.00 Å². The summed E-state index contributed by atoms with van der Waals surface area (Å²) in [6.45, 7) is 1.82. The topological polar surface area (TPSA) is 115 Å². The Morgan fingerprint density at radius 1 is 1.27 bits per heavy atom. The number of thiophene rings is 1. The summed E-state index contributed by atoms with van der Waals surface area (Å²) in [5.74, 6) is 0.0505. The molecule has 1 aromatic carbocycles. The molecule has 3 aromatic heterocycles. The minimum atomic E-state index is -0.492. The SMILES string of the molecule is Cc1nc2c3ccccc3nc(SCC(=O)Nc3sc4c(c3C(N)=O)CCC4)n2n1. The maximum atomic E-state index is 12.6. The molecule has 0 atom stereocenters. The number of carbonyl (C=O) groups excluding carboxylic acids is 2. The van der Waals surface area contributed by atoms with Crippen LogP contribution in [0.1, 0.15) is 33.0 Å². The lowest BCUT2D eigenvalue weighted by molar-refractivity contribution is -0.113. The van der Waals surface area contributed by atoms with Gasteiger partial charge in [-0.1, -0.05) is 23.9 Å². The maximum absolute atomic E-state index is 12.6. The molecule has 3 N–H and O–H groups in total. The lowest BCUT2D eigenvalue weighted by Gasteiger charge is -2.07. The Hall–Kier alpha value is -2.98. The van der Waals surface area contributed by atoms with Crippen LogP contribution in [0, 0.1) is 6.92 Å². The number of para-hydroxylation sites is 1. The van der Waals surface area contributed by atoms with Crippen LogP contribution in [-0.2, 0) is 17.6 Å². The third-order valence-electron chi connectivity index (χ3n) is 5.01. The van der Waals surface area contributed by atoms with Crippen molar-refractivity contribution in [3.63, 3.8) is 0 Å². The van der Waals surface area contributed by atoms with Gasteiger partial charge in [0.05, 0.1) is 16.8 Å². The summed E-state index contributed by atoms with van der Waals surface area (Å²) in [5, 5.41) is 9.34. The van der Waals surface area contributed by atoms with Crippen molar-refractivity contribution < 1.29 is 9.59 Å². The highest BCUT2D eigenvalue weighted by Gasteiger charge is 2.26. The number of rotatable bonds is 5. The molecule has 0 saturated heterocycles. The molecule has 0 saturated carbocycles. The number of benzene rings is 1.